The van der Waals surface area contributed by atoms with Gasteiger partial charge in [0.15, 0.2) is 0 Å². The van der Waals surface area contributed by atoms with Gasteiger partial charge in [0.2, 0.25) is 12.3 Å². The van der Waals surface area contributed by atoms with E-state index in [1.807, 2.05) is 17.5 Å². The molecule has 1 aliphatic heterocycles. The van der Waals surface area contributed by atoms with Gasteiger partial charge in [-0.05, 0) is 12.1 Å². The van der Waals surface area contributed by atoms with Gasteiger partial charge in [-0.1, -0.05) is 0 Å². The van der Waals surface area contributed by atoms with Crippen molar-refractivity contribution < 1.29 is 14.3 Å². The van der Waals surface area contributed by atoms with Gasteiger partial charge in [0, 0.05) is 37.8 Å². The molecule has 0 saturated carbocycles. The molecular formula is C16H18N4O3S. The maximum atomic E-state index is 12.3. The molecule has 0 atom stereocenters. The van der Waals surface area contributed by atoms with Crippen molar-refractivity contribution >= 4 is 23.7 Å². The Balaban J connectivity index is 1.49. The zero-order chi connectivity index (χ0) is 16.8. The monoisotopic (exact) mass is 346 g/mol. The summed E-state index contributed by atoms with van der Waals surface area (Å²) in [6.07, 6.45) is 4.45. The van der Waals surface area contributed by atoms with Crippen LogP contribution in [0, 0.1) is 0 Å². The van der Waals surface area contributed by atoms with E-state index in [0.717, 1.165) is 17.1 Å². The summed E-state index contributed by atoms with van der Waals surface area (Å²) >= 11 is 1.48. The third kappa shape index (κ3) is 4.29. The number of carbonyl (C=O) groups excluding carboxylic acids is 2. The van der Waals surface area contributed by atoms with Gasteiger partial charge < -0.3 is 14.5 Å². The van der Waals surface area contributed by atoms with Crippen molar-refractivity contribution in [3.8, 4) is 5.75 Å². The normalized spacial score (nSPS) is 14.5. The van der Waals surface area contributed by atoms with Crippen molar-refractivity contribution in [2.24, 2.45) is 0 Å². The number of rotatable bonds is 6. The lowest BCUT2D eigenvalue weighted by Gasteiger charge is -2.32. The first-order chi connectivity index (χ1) is 11.7. The Kier molecular flexibility index (Phi) is 5.37. The number of carbonyl (C=O) groups is 2. The van der Waals surface area contributed by atoms with Gasteiger partial charge in [0.05, 0.1) is 18.3 Å². The van der Waals surface area contributed by atoms with Crippen LogP contribution in [0.1, 0.15) is 10.7 Å². The second-order valence-corrected chi connectivity index (χ2v) is 6.35. The summed E-state index contributed by atoms with van der Waals surface area (Å²) in [5, 5.41) is 2.72. The van der Waals surface area contributed by atoms with E-state index in [-0.39, 0.29) is 12.3 Å². The summed E-state index contributed by atoms with van der Waals surface area (Å²) in [5.74, 6) is 0.740. The standard InChI is InChI=1S/C16H18N4O3S/c21-12-19-4-6-20(7-5-19)16(22)8-13-11-24-15(18-13)10-23-14-2-1-3-17-9-14/h1-3,9,11-12H,4-8,10H2. The van der Waals surface area contributed by atoms with Crippen LogP contribution in [0.2, 0.25) is 0 Å². The quantitative estimate of drug-likeness (QED) is 0.728. The van der Waals surface area contributed by atoms with Crippen LogP contribution < -0.4 is 4.74 Å². The van der Waals surface area contributed by atoms with Crippen LogP contribution in [0.5, 0.6) is 5.75 Å². The molecule has 8 heteroatoms. The summed E-state index contributed by atoms with van der Waals surface area (Å²) in [6.45, 7) is 2.72. The van der Waals surface area contributed by atoms with Gasteiger partial charge in [0.25, 0.3) is 0 Å². The van der Waals surface area contributed by atoms with Crippen LogP contribution in [0.3, 0.4) is 0 Å². The smallest absolute Gasteiger partial charge is 0.228 e. The zero-order valence-corrected chi connectivity index (χ0v) is 13.9. The summed E-state index contributed by atoms with van der Waals surface area (Å²) in [4.78, 5) is 34.9. The number of aromatic nitrogens is 2. The lowest BCUT2D eigenvalue weighted by atomic mass is 10.2. The largest absolute Gasteiger partial charge is 0.485 e. The third-order valence-electron chi connectivity index (χ3n) is 3.74. The molecule has 126 valence electrons. The fourth-order valence-electron chi connectivity index (χ4n) is 2.42. The Hall–Kier alpha value is -2.48. The van der Waals surface area contributed by atoms with E-state index in [0.29, 0.717) is 38.5 Å². The number of pyridine rings is 1. The minimum Gasteiger partial charge on any atom is -0.485 e. The highest BCUT2D eigenvalue weighted by molar-refractivity contribution is 7.09. The van der Waals surface area contributed by atoms with Gasteiger partial charge in [-0.3, -0.25) is 14.6 Å². The minimum atomic E-state index is 0.0468. The first-order valence-corrected chi connectivity index (χ1v) is 8.56. The average molecular weight is 346 g/mol. The molecule has 24 heavy (non-hydrogen) atoms. The van der Waals surface area contributed by atoms with Crippen LogP contribution in [0.4, 0.5) is 0 Å². The second kappa shape index (κ2) is 7.87. The Bertz CT molecular complexity index is 684. The molecule has 1 fully saturated rings. The van der Waals surface area contributed by atoms with Crippen LogP contribution in [0.25, 0.3) is 0 Å². The van der Waals surface area contributed by atoms with Crippen LogP contribution in [-0.2, 0) is 22.6 Å². The molecule has 1 saturated heterocycles. The molecule has 0 aromatic carbocycles. The fourth-order valence-corrected chi connectivity index (χ4v) is 3.12. The van der Waals surface area contributed by atoms with E-state index in [9.17, 15) is 9.59 Å². The molecule has 2 amide bonds. The van der Waals surface area contributed by atoms with Crippen molar-refractivity contribution in [1.29, 1.82) is 0 Å². The molecule has 0 unspecified atom stereocenters. The topological polar surface area (TPSA) is 75.6 Å². The number of hydrogen-bond acceptors (Lipinski definition) is 6. The molecule has 3 rings (SSSR count). The Morgan fingerprint density at radius 2 is 2.17 bits per heavy atom. The average Bonchev–Trinajstić information content (AvgIpc) is 3.08. The zero-order valence-electron chi connectivity index (χ0n) is 13.1. The summed E-state index contributed by atoms with van der Waals surface area (Å²) < 4.78 is 5.60. The van der Waals surface area contributed by atoms with Gasteiger partial charge in [-0.15, -0.1) is 11.3 Å². The predicted molar refractivity (Wildman–Crippen MR) is 88.6 cm³/mol. The Labute approximate surface area is 143 Å². The van der Waals surface area contributed by atoms with Crippen molar-refractivity contribution in [3.63, 3.8) is 0 Å². The van der Waals surface area contributed by atoms with E-state index in [1.54, 1.807) is 22.2 Å². The first-order valence-electron chi connectivity index (χ1n) is 7.68. The molecule has 0 radical (unpaired) electrons. The molecular weight excluding hydrogens is 328 g/mol. The molecule has 3 heterocycles. The highest BCUT2D eigenvalue weighted by Crippen LogP contribution is 2.15. The summed E-state index contributed by atoms with van der Waals surface area (Å²) in [7, 11) is 0. The molecule has 0 bridgehead atoms. The van der Waals surface area contributed by atoms with E-state index >= 15 is 0 Å². The highest BCUT2D eigenvalue weighted by Gasteiger charge is 2.21. The second-order valence-electron chi connectivity index (χ2n) is 5.41. The van der Waals surface area contributed by atoms with Crippen molar-refractivity contribution in [1.82, 2.24) is 19.8 Å². The van der Waals surface area contributed by atoms with Crippen molar-refractivity contribution in [2.45, 2.75) is 13.0 Å². The number of piperazine rings is 1. The summed E-state index contributed by atoms with van der Waals surface area (Å²) in [5.41, 5.74) is 0.757. The van der Waals surface area contributed by atoms with Crippen LogP contribution >= 0.6 is 11.3 Å². The van der Waals surface area contributed by atoms with Crippen molar-refractivity contribution in [2.75, 3.05) is 26.2 Å². The lowest BCUT2D eigenvalue weighted by Crippen LogP contribution is -2.48. The molecule has 1 aliphatic rings. The third-order valence-corrected chi connectivity index (χ3v) is 4.62. The van der Waals surface area contributed by atoms with Gasteiger partial charge in [-0.2, -0.15) is 0 Å². The van der Waals surface area contributed by atoms with E-state index in [2.05, 4.69) is 9.97 Å². The highest BCUT2D eigenvalue weighted by atomic mass is 32.1. The number of hydrogen-bond donors (Lipinski definition) is 0. The SMILES string of the molecule is O=CN1CCN(C(=O)Cc2csc(COc3cccnc3)n2)CC1. The first kappa shape index (κ1) is 16.4. The maximum absolute atomic E-state index is 12.3. The summed E-state index contributed by atoms with van der Waals surface area (Å²) in [6, 6.07) is 3.65. The minimum absolute atomic E-state index is 0.0468. The molecule has 2 aromatic rings. The Morgan fingerprint density at radius 1 is 1.33 bits per heavy atom. The number of amides is 2. The molecule has 0 N–H and O–H groups in total. The van der Waals surface area contributed by atoms with Crippen molar-refractivity contribution in [3.05, 3.63) is 40.6 Å². The van der Waals surface area contributed by atoms with E-state index in [1.165, 1.54) is 11.3 Å². The molecule has 7 nitrogen and oxygen atoms in total. The van der Waals surface area contributed by atoms with Crippen LogP contribution in [0.15, 0.2) is 29.9 Å². The molecule has 0 spiro atoms. The fraction of sp³-hybridized carbons (Fsp3) is 0.375. The number of ether oxygens (including phenoxy) is 1. The van der Waals surface area contributed by atoms with E-state index < -0.39 is 0 Å². The molecule has 2 aromatic heterocycles. The Morgan fingerprint density at radius 3 is 2.88 bits per heavy atom. The van der Waals surface area contributed by atoms with E-state index in [4.69, 9.17) is 4.74 Å². The van der Waals surface area contributed by atoms with Crippen LogP contribution in [-0.4, -0.2) is 58.3 Å². The van der Waals surface area contributed by atoms with Gasteiger partial charge >= 0.3 is 0 Å². The van der Waals surface area contributed by atoms with Gasteiger partial charge in [-0.25, -0.2) is 4.98 Å². The predicted octanol–water partition coefficient (Wildman–Crippen LogP) is 0.960. The van der Waals surface area contributed by atoms with Gasteiger partial charge in [0.1, 0.15) is 17.4 Å². The number of nitrogens with zero attached hydrogens (tertiary/aromatic N) is 4. The maximum Gasteiger partial charge on any atom is 0.228 e. The molecule has 0 aliphatic carbocycles. The lowest BCUT2D eigenvalue weighted by molar-refractivity contribution is -0.134. The number of thiazole rings is 1.